The zero-order chi connectivity index (χ0) is 16.9. The molecule has 4 nitrogen and oxygen atoms in total. The van der Waals surface area contributed by atoms with E-state index in [1.54, 1.807) is 6.07 Å². The van der Waals surface area contributed by atoms with Crippen molar-refractivity contribution >= 4 is 11.0 Å². The van der Waals surface area contributed by atoms with Crippen LogP contribution in [0.5, 0.6) is 11.5 Å². The first-order chi connectivity index (χ1) is 11.4. The first-order valence-electron chi connectivity index (χ1n) is 8.00. The Kier molecular flexibility index (Phi) is 3.17. The predicted molar refractivity (Wildman–Crippen MR) is 92.6 cm³/mol. The van der Waals surface area contributed by atoms with Gasteiger partial charge in [-0.3, -0.25) is 4.79 Å². The van der Waals surface area contributed by atoms with Gasteiger partial charge in [0.1, 0.15) is 28.9 Å². The van der Waals surface area contributed by atoms with Crippen LogP contribution in [-0.4, -0.2) is 10.7 Å². The molecule has 0 amide bonds. The van der Waals surface area contributed by atoms with E-state index in [0.29, 0.717) is 16.5 Å². The summed E-state index contributed by atoms with van der Waals surface area (Å²) in [4.78, 5) is 12.7. The van der Waals surface area contributed by atoms with Gasteiger partial charge in [-0.2, -0.15) is 0 Å². The molecule has 0 saturated heterocycles. The number of fused-ring (bicyclic) bond motifs is 2. The maximum Gasteiger partial charge on any atom is 0.200 e. The van der Waals surface area contributed by atoms with Crippen molar-refractivity contribution in [3.8, 4) is 22.6 Å². The van der Waals surface area contributed by atoms with Crippen molar-refractivity contribution in [2.24, 2.45) is 0 Å². The minimum atomic E-state index is -0.154. The molecule has 4 rings (SSSR count). The predicted octanol–water partition coefficient (Wildman–Crippen LogP) is 4.27. The highest BCUT2D eigenvalue weighted by atomic mass is 16.5. The van der Waals surface area contributed by atoms with Crippen LogP contribution in [0.3, 0.4) is 0 Å². The molecule has 2 aromatic carbocycles. The minimum absolute atomic E-state index is 0.0759. The largest absolute Gasteiger partial charge is 0.508 e. The van der Waals surface area contributed by atoms with Crippen LogP contribution in [0.25, 0.3) is 22.1 Å². The minimum Gasteiger partial charge on any atom is -0.508 e. The Bertz CT molecular complexity index is 998. The van der Waals surface area contributed by atoms with Gasteiger partial charge in [-0.05, 0) is 62.1 Å². The molecule has 24 heavy (non-hydrogen) atoms. The Labute approximate surface area is 139 Å². The molecule has 1 aliphatic rings. The molecule has 1 aliphatic heterocycles. The fourth-order valence-electron chi connectivity index (χ4n) is 3.14. The normalized spacial score (nSPS) is 15.8. The van der Waals surface area contributed by atoms with Crippen molar-refractivity contribution < 1.29 is 14.3 Å². The van der Waals surface area contributed by atoms with E-state index in [0.717, 1.165) is 29.7 Å². The first-order valence-corrected chi connectivity index (χ1v) is 8.00. The molecule has 1 N–H and O–H groups in total. The van der Waals surface area contributed by atoms with Gasteiger partial charge >= 0.3 is 0 Å². The molecule has 0 fully saturated rings. The molecule has 0 atom stereocenters. The zero-order valence-corrected chi connectivity index (χ0v) is 13.6. The third-order valence-electron chi connectivity index (χ3n) is 4.51. The van der Waals surface area contributed by atoms with Gasteiger partial charge in [-0.25, -0.2) is 0 Å². The number of phenols is 1. The van der Waals surface area contributed by atoms with Crippen LogP contribution in [0.1, 0.15) is 25.8 Å². The van der Waals surface area contributed by atoms with Gasteiger partial charge in [0.2, 0.25) is 0 Å². The smallest absolute Gasteiger partial charge is 0.200 e. The van der Waals surface area contributed by atoms with Gasteiger partial charge in [0.05, 0.1) is 10.9 Å². The summed E-state index contributed by atoms with van der Waals surface area (Å²) in [6.07, 6.45) is 3.32. The maximum absolute atomic E-state index is 12.7. The highest BCUT2D eigenvalue weighted by Gasteiger charge is 2.26. The van der Waals surface area contributed by atoms with Crippen LogP contribution >= 0.6 is 0 Å². The lowest BCUT2D eigenvalue weighted by atomic mass is 9.92. The third-order valence-corrected chi connectivity index (χ3v) is 4.51. The average Bonchev–Trinajstić information content (AvgIpc) is 2.54. The molecule has 0 unspecified atom stereocenters. The molecule has 0 bridgehead atoms. The number of ether oxygens (including phenoxy) is 1. The Morgan fingerprint density at radius 3 is 2.79 bits per heavy atom. The van der Waals surface area contributed by atoms with Crippen molar-refractivity contribution in [1.29, 1.82) is 0 Å². The molecular formula is C20H18O4. The van der Waals surface area contributed by atoms with E-state index in [1.807, 2.05) is 18.2 Å². The Balaban J connectivity index is 1.83. The summed E-state index contributed by atoms with van der Waals surface area (Å²) >= 11 is 0. The number of hydrogen-bond acceptors (Lipinski definition) is 4. The Morgan fingerprint density at radius 1 is 1.12 bits per heavy atom. The number of aromatic hydroxyl groups is 1. The summed E-state index contributed by atoms with van der Waals surface area (Å²) in [6, 6.07) is 10.3. The quantitative estimate of drug-likeness (QED) is 0.727. The van der Waals surface area contributed by atoms with Gasteiger partial charge in [0.15, 0.2) is 5.43 Å². The van der Waals surface area contributed by atoms with E-state index in [2.05, 4.69) is 13.8 Å². The van der Waals surface area contributed by atoms with Crippen LogP contribution in [0.4, 0.5) is 0 Å². The molecule has 0 radical (unpaired) electrons. The van der Waals surface area contributed by atoms with Crippen molar-refractivity contribution in [3.05, 3.63) is 58.4 Å². The molecule has 122 valence electrons. The number of hydrogen-bond donors (Lipinski definition) is 1. The number of phenolic OH excluding ortho intramolecular Hbond substituents is 1. The summed E-state index contributed by atoms with van der Waals surface area (Å²) in [5.41, 5.74) is 2.57. The highest BCUT2D eigenvalue weighted by molar-refractivity contribution is 5.82. The van der Waals surface area contributed by atoms with E-state index in [-0.39, 0.29) is 16.8 Å². The standard InChI is InChI=1S/C20H18O4/c1-20(2)8-7-13-9-12(3-6-17(13)24-20)16-11-23-18-10-14(21)4-5-15(18)19(16)22/h3-6,9-11,21H,7-8H2,1-2H3. The summed E-state index contributed by atoms with van der Waals surface area (Å²) in [6.45, 7) is 4.16. The lowest BCUT2D eigenvalue weighted by Crippen LogP contribution is -2.32. The molecule has 3 aromatic rings. The second kappa shape index (κ2) is 5.13. The number of aryl methyl sites for hydroxylation is 1. The first kappa shape index (κ1) is 14.8. The average molecular weight is 322 g/mol. The summed E-state index contributed by atoms with van der Waals surface area (Å²) in [5, 5.41) is 9.96. The molecule has 1 aromatic heterocycles. The van der Waals surface area contributed by atoms with E-state index in [4.69, 9.17) is 9.15 Å². The lowest BCUT2D eigenvalue weighted by molar-refractivity contribution is 0.0847. The SMILES string of the molecule is CC1(C)CCc2cc(-c3coc4cc(O)ccc4c3=O)ccc2O1. The van der Waals surface area contributed by atoms with Gasteiger partial charge in [-0.15, -0.1) is 0 Å². The Morgan fingerprint density at radius 2 is 1.96 bits per heavy atom. The summed E-state index contributed by atoms with van der Waals surface area (Å²) in [5.74, 6) is 0.956. The van der Waals surface area contributed by atoms with Crippen LogP contribution < -0.4 is 10.2 Å². The third kappa shape index (κ3) is 2.44. The van der Waals surface area contributed by atoms with Crippen LogP contribution in [0.2, 0.25) is 0 Å². The van der Waals surface area contributed by atoms with E-state index < -0.39 is 0 Å². The molecule has 0 aliphatic carbocycles. The molecule has 0 saturated carbocycles. The fourth-order valence-corrected chi connectivity index (χ4v) is 3.14. The fraction of sp³-hybridized carbons (Fsp3) is 0.250. The van der Waals surface area contributed by atoms with Crippen LogP contribution in [-0.2, 0) is 6.42 Å². The van der Waals surface area contributed by atoms with E-state index in [9.17, 15) is 9.90 Å². The van der Waals surface area contributed by atoms with Gasteiger partial charge in [0.25, 0.3) is 0 Å². The van der Waals surface area contributed by atoms with E-state index >= 15 is 0 Å². The maximum atomic E-state index is 12.7. The number of benzene rings is 2. The van der Waals surface area contributed by atoms with Crippen molar-refractivity contribution in [1.82, 2.24) is 0 Å². The molecular weight excluding hydrogens is 304 g/mol. The summed E-state index contributed by atoms with van der Waals surface area (Å²) < 4.78 is 11.5. The van der Waals surface area contributed by atoms with E-state index in [1.165, 1.54) is 18.4 Å². The summed E-state index contributed by atoms with van der Waals surface area (Å²) in [7, 11) is 0. The zero-order valence-electron chi connectivity index (χ0n) is 13.6. The molecule has 2 heterocycles. The molecule has 0 spiro atoms. The topological polar surface area (TPSA) is 59.7 Å². The second-order valence-corrected chi connectivity index (χ2v) is 6.84. The Hall–Kier alpha value is -2.75. The van der Waals surface area contributed by atoms with Gasteiger partial charge in [-0.1, -0.05) is 6.07 Å². The monoisotopic (exact) mass is 322 g/mol. The highest BCUT2D eigenvalue weighted by Crippen LogP contribution is 2.35. The van der Waals surface area contributed by atoms with Crippen LogP contribution in [0, 0.1) is 0 Å². The van der Waals surface area contributed by atoms with Crippen LogP contribution in [0.15, 0.2) is 51.9 Å². The van der Waals surface area contributed by atoms with Gasteiger partial charge < -0.3 is 14.3 Å². The second-order valence-electron chi connectivity index (χ2n) is 6.84. The molecule has 4 heteroatoms. The lowest BCUT2D eigenvalue weighted by Gasteiger charge is -2.32. The number of rotatable bonds is 1. The van der Waals surface area contributed by atoms with Gasteiger partial charge in [0, 0.05) is 6.07 Å². The van der Waals surface area contributed by atoms with Crippen molar-refractivity contribution in [2.45, 2.75) is 32.3 Å². The van der Waals surface area contributed by atoms with Crippen molar-refractivity contribution in [2.75, 3.05) is 0 Å². The van der Waals surface area contributed by atoms with Crippen molar-refractivity contribution in [3.63, 3.8) is 0 Å².